The summed E-state index contributed by atoms with van der Waals surface area (Å²) in [5.74, 6) is 1.14. The monoisotopic (exact) mass is 203 g/mol. The molecule has 2 heterocycles. The first-order chi connectivity index (χ1) is 7.18. The third-order valence-corrected chi connectivity index (χ3v) is 2.64. The first-order valence-corrected chi connectivity index (χ1v) is 5.25. The topological polar surface area (TPSA) is 20.5 Å². The van der Waals surface area contributed by atoms with Crippen molar-refractivity contribution in [1.82, 2.24) is 14.3 Å². The van der Waals surface area contributed by atoms with Crippen molar-refractivity contribution in [3.8, 4) is 0 Å². The number of nitrogens with zero attached hydrogens (tertiary/aromatic N) is 3. The maximum Gasteiger partial charge on any atom is 0.114 e. The Morgan fingerprint density at radius 3 is 2.93 bits per heavy atom. The Kier molecular flexibility index (Phi) is 2.73. The van der Waals surface area contributed by atoms with E-state index in [1.807, 2.05) is 6.20 Å². The molecule has 0 radical (unpaired) electrons. The fraction of sp³-hybridized carbons (Fsp3) is 0.417. The van der Waals surface area contributed by atoms with Crippen LogP contribution in [0.15, 0.2) is 24.5 Å². The fourth-order valence-electron chi connectivity index (χ4n) is 1.72. The maximum absolute atomic E-state index is 4.46. The third kappa shape index (κ3) is 2.02. The molecule has 0 atom stereocenters. The number of likely N-dealkylation sites (N-methyl/N-ethyl adjacent to an activating group) is 1. The summed E-state index contributed by atoms with van der Waals surface area (Å²) in [5, 5.41) is 0. The fourth-order valence-corrected chi connectivity index (χ4v) is 1.72. The summed E-state index contributed by atoms with van der Waals surface area (Å²) in [6.45, 7) is 3.15. The van der Waals surface area contributed by atoms with E-state index in [4.69, 9.17) is 0 Å². The molecule has 0 unspecified atom stereocenters. The summed E-state index contributed by atoms with van der Waals surface area (Å²) >= 11 is 0. The minimum absolute atomic E-state index is 0.991. The van der Waals surface area contributed by atoms with Crippen LogP contribution in [0.25, 0.3) is 5.52 Å². The molecule has 15 heavy (non-hydrogen) atoms. The van der Waals surface area contributed by atoms with Crippen molar-refractivity contribution >= 4 is 5.52 Å². The molecular weight excluding hydrogens is 186 g/mol. The van der Waals surface area contributed by atoms with E-state index in [1.54, 1.807) is 0 Å². The molecule has 0 fully saturated rings. The van der Waals surface area contributed by atoms with Crippen LogP contribution in [0.2, 0.25) is 0 Å². The van der Waals surface area contributed by atoms with Crippen LogP contribution in [0.5, 0.6) is 0 Å². The van der Waals surface area contributed by atoms with Gasteiger partial charge in [0.2, 0.25) is 0 Å². The Bertz CT molecular complexity index is 457. The van der Waals surface area contributed by atoms with Gasteiger partial charge in [0.1, 0.15) is 5.82 Å². The standard InChI is InChI=1S/C12H17N3/c1-10-5-4-7-15-11(10)9-13-12(15)6-8-14(2)3/h4-5,7,9H,6,8H2,1-3H3. The number of aryl methyl sites for hydroxylation is 1. The highest BCUT2D eigenvalue weighted by Gasteiger charge is 2.04. The van der Waals surface area contributed by atoms with Crippen LogP contribution >= 0.6 is 0 Å². The summed E-state index contributed by atoms with van der Waals surface area (Å²) in [4.78, 5) is 6.64. The maximum atomic E-state index is 4.46. The van der Waals surface area contributed by atoms with Crippen molar-refractivity contribution in [1.29, 1.82) is 0 Å². The van der Waals surface area contributed by atoms with Crippen molar-refractivity contribution in [2.75, 3.05) is 20.6 Å². The molecular formula is C12H17N3. The van der Waals surface area contributed by atoms with E-state index in [0.717, 1.165) is 18.8 Å². The highest BCUT2D eigenvalue weighted by Crippen LogP contribution is 2.11. The van der Waals surface area contributed by atoms with Gasteiger partial charge < -0.3 is 9.30 Å². The van der Waals surface area contributed by atoms with E-state index in [9.17, 15) is 0 Å². The molecule has 0 N–H and O–H groups in total. The number of rotatable bonds is 3. The molecule has 0 aromatic carbocycles. The number of hydrogen-bond donors (Lipinski definition) is 0. The Hall–Kier alpha value is -1.35. The van der Waals surface area contributed by atoms with Crippen LogP contribution < -0.4 is 0 Å². The van der Waals surface area contributed by atoms with E-state index in [0.29, 0.717) is 0 Å². The molecule has 0 aliphatic rings. The smallest absolute Gasteiger partial charge is 0.114 e. The van der Waals surface area contributed by atoms with Gasteiger partial charge in [-0.15, -0.1) is 0 Å². The number of imidazole rings is 1. The zero-order valence-electron chi connectivity index (χ0n) is 9.57. The molecule has 3 heteroatoms. The van der Waals surface area contributed by atoms with E-state index in [1.165, 1.54) is 11.1 Å². The van der Waals surface area contributed by atoms with E-state index in [2.05, 4.69) is 53.6 Å². The Morgan fingerprint density at radius 1 is 1.40 bits per heavy atom. The molecule has 3 nitrogen and oxygen atoms in total. The van der Waals surface area contributed by atoms with Crippen molar-refractivity contribution in [3.05, 3.63) is 35.9 Å². The van der Waals surface area contributed by atoms with Crippen molar-refractivity contribution < 1.29 is 0 Å². The minimum Gasteiger partial charge on any atom is -0.309 e. The summed E-state index contributed by atoms with van der Waals surface area (Å²) in [7, 11) is 4.17. The number of fused-ring (bicyclic) bond motifs is 1. The SMILES string of the molecule is Cc1cccn2c(CCN(C)C)ncc12. The van der Waals surface area contributed by atoms with Crippen molar-refractivity contribution in [2.45, 2.75) is 13.3 Å². The number of hydrogen-bond acceptors (Lipinski definition) is 2. The lowest BCUT2D eigenvalue weighted by Gasteiger charge is -2.08. The number of pyridine rings is 1. The zero-order valence-corrected chi connectivity index (χ0v) is 9.57. The van der Waals surface area contributed by atoms with Crippen LogP contribution in [0.4, 0.5) is 0 Å². The second-order valence-corrected chi connectivity index (χ2v) is 4.17. The lowest BCUT2D eigenvalue weighted by atomic mass is 10.2. The molecule has 0 aliphatic heterocycles. The van der Waals surface area contributed by atoms with Crippen LogP contribution in [-0.4, -0.2) is 34.9 Å². The third-order valence-electron chi connectivity index (χ3n) is 2.64. The second kappa shape index (κ2) is 4.03. The Labute approximate surface area is 90.4 Å². The molecule has 0 amide bonds. The van der Waals surface area contributed by atoms with Gasteiger partial charge in [-0.25, -0.2) is 4.98 Å². The second-order valence-electron chi connectivity index (χ2n) is 4.17. The molecule has 2 rings (SSSR count). The zero-order chi connectivity index (χ0) is 10.8. The first kappa shape index (κ1) is 10.2. The Morgan fingerprint density at radius 2 is 2.20 bits per heavy atom. The van der Waals surface area contributed by atoms with Gasteiger partial charge in [0.05, 0.1) is 11.7 Å². The quantitative estimate of drug-likeness (QED) is 0.757. The van der Waals surface area contributed by atoms with Gasteiger partial charge in [-0.05, 0) is 32.6 Å². The summed E-state index contributed by atoms with van der Waals surface area (Å²) in [6, 6.07) is 4.19. The van der Waals surface area contributed by atoms with Gasteiger partial charge in [0.25, 0.3) is 0 Å². The first-order valence-electron chi connectivity index (χ1n) is 5.25. The molecule has 80 valence electrons. The average Bonchev–Trinajstić information content (AvgIpc) is 2.59. The summed E-state index contributed by atoms with van der Waals surface area (Å²) in [5.41, 5.74) is 2.49. The molecule has 0 spiro atoms. The van der Waals surface area contributed by atoms with Crippen LogP contribution in [0.3, 0.4) is 0 Å². The van der Waals surface area contributed by atoms with Crippen LogP contribution in [-0.2, 0) is 6.42 Å². The normalized spacial score (nSPS) is 11.5. The van der Waals surface area contributed by atoms with E-state index in [-0.39, 0.29) is 0 Å². The predicted molar refractivity (Wildman–Crippen MR) is 62.2 cm³/mol. The highest BCUT2D eigenvalue weighted by molar-refractivity contribution is 5.53. The predicted octanol–water partition coefficient (Wildman–Crippen LogP) is 1.75. The molecule has 0 saturated heterocycles. The van der Waals surface area contributed by atoms with Gasteiger partial charge >= 0.3 is 0 Å². The largest absolute Gasteiger partial charge is 0.309 e. The van der Waals surface area contributed by atoms with E-state index < -0.39 is 0 Å². The highest BCUT2D eigenvalue weighted by atomic mass is 15.1. The summed E-state index contributed by atoms with van der Waals surface area (Å²) in [6.07, 6.45) is 5.03. The molecule has 0 saturated carbocycles. The lowest BCUT2D eigenvalue weighted by molar-refractivity contribution is 0.409. The molecule has 0 bridgehead atoms. The molecule has 2 aromatic rings. The lowest BCUT2D eigenvalue weighted by Crippen LogP contribution is -2.16. The number of aromatic nitrogens is 2. The van der Waals surface area contributed by atoms with Crippen molar-refractivity contribution in [2.24, 2.45) is 0 Å². The Balaban J connectivity index is 2.33. The van der Waals surface area contributed by atoms with Gasteiger partial charge in [-0.1, -0.05) is 6.07 Å². The molecule has 0 aliphatic carbocycles. The van der Waals surface area contributed by atoms with Gasteiger partial charge in [0.15, 0.2) is 0 Å². The van der Waals surface area contributed by atoms with Crippen LogP contribution in [0.1, 0.15) is 11.4 Å². The van der Waals surface area contributed by atoms with Gasteiger partial charge in [0, 0.05) is 19.2 Å². The minimum atomic E-state index is 0.991. The molecule has 2 aromatic heterocycles. The van der Waals surface area contributed by atoms with Crippen molar-refractivity contribution in [3.63, 3.8) is 0 Å². The van der Waals surface area contributed by atoms with Gasteiger partial charge in [-0.3, -0.25) is 0 Å². The van der Waals surface area contributed by atoms with Gasteiger partial charge in [-0.2, -0.15) is 0 Å². The van der Waals surface area contributed by atoms with Crippen LogP contribution in [0, 0.1) is 6.92 Å². The van der Waals surface area contributed by atoms with E-state index >= 15 is 0 Å². The average molecular weight is 203 g/mol. The summed E-state index contributed by atoms with van der Waals surface area (Å²) < 4.78 is 2.18.